The minimum absolute atomic E-state index is 0.0734. The Hall–Kier alpha value is -2.84. The van der Waals surface area contributed by atoms with Gasteiger partial charge in [-0.1, -0.05) is 18.2 Å². The first-order chi connectivity index (χ1) is 11.2. The third-order valence-electron chi connectivity index (χ3n) is 4.31. The molecule has 2 aromatic rings. The van der Waals surface area contributed by atoms with Crippen LogP contribution in [0.1, 0.15) is 22.0 Å². The predicted molar refractivity (Wildman–Crippen MR) is 83.3 cm³/mol. The Morgan fingerprint density at radius 2 is 1.96 bits per heavy atom. The Morgan fingerprint density at radius 1 is 1.22 bits per heavy atom. The molecule has 114 valence electrons. The SMILES string of the molecule is COc1ccc(C(=O)N2c3ccccc3C3OC3C2C#N)cc1. The lowest BCUT2D eigenvalue weighted by Crippen LogP contribution is -2.45. The molecule has 4 rings (SSSR count). The summed E-state index contributed by atoms with van der Waals surface area (Å²) < 4.78 is 10.7. The zero-order chi connectivity index (χ0) is 16.0. The van der Waals surface area contributed by atoms with Crippen LogP contribution in [-0.4, -0.2) is 25.2 Å². The second-order valence-electron chi connectivity index (χ2n) is 5.56. The van der Waals surface area contributed by atoms with Crippen molar-refractivity contribution in [3.05, 3.63) is 59.7 Å². The van der Waals surface area contributed by atoms with Gasteiger partial charge in [0.2, 0.25) is 0 Å². The number of amides is 1. The number of nitriles is 1. The van der Waals surface area contributed by atoms with Crippen LogP contribution in [0.4, 0.5) is 5.69 Å². The molecule has 2 aliphatic rings. The Balaban J connectivity index is 1.76. The van der Waals surface area contributed by atoms with Gasteiger partial charge in [-0.3, -0.25) is 9.69 Å². The first kappa shape index (κ1) is 13.8. The number of benzene rings is 2. The third kappa shape index (κ3) is 2.07. The Bertz CT molecular complexity index is 810. The monoisotopic (exact) mass is 306 g/mol. The van der Waals surface area contributed by atoms with Crippen molar-refractivity contribution in [1.29, 1.82) is 5.26 Å². The van der Waals surface area contributed by atoms with Crippen LogP contribution < -0.4 is 9.64 Å². The van der Waals surface area contributed by atoms with Gasteiger partial charge in [0.1, 0.15) is 18.0 Å². The standard InChI is InChI=1S/C18H14N2O3/c1-22-12-8-6-11(7-9-12)18(21)20-14-5-3-2-4-13(14)16-17(23-16)15(20)10-19/h2-9,15-17H,1H3. The molecular weight excluding hydrogens is 292 g/mol. The van der Waals surface area contributed by atoms with E-state index in [4.69, 9.17) is 9.47 Å². The van der Waals surface area contributed by atoms with Gasteiger partial charge >= 0.3 is 0 Å². The van der Waals surface area contributed by atoms with Gasteiger partial charge in [0.15, 0.2) is 6.04 Å². The summed E-state index contributed by atoms with van der Waals surface area (Å²) in [6, 6.07) is 16.1. The molecule has 2 aliphatic heterocycles. The molecule has 1 amide bonds. The van der Waals surface area contributed by atoms with Crippen molar-refractivity contribution >= 4 is 11.6 Å². The van der Waals surface area contributed by atoms with E-state index in [9.17, 15) is 10.1 Å². The van der Waals surface area contributed by atoms with Crippen molar-refractivity contribution in [2.45, 2.75) is 18.2 Å². The number of epoxide rings is 1. The molecule has 3 atom stereocenters. The van der Waals surface area contributed by atoms with Crippen LogP contribution in [0.3, 0.4) is 0 Å². The summed E-state index contributed by atoms with van der Waals surface area (Å²) in [5.41, 5.74) is 2.23. The first-order valence-corrected chi connectivity index (χ1v) is 7.36. The molecule has 0 aliphatic carbocycles. The molecule has 5 nitrogen and oxygen atoms in total. The van der Waals surface area contributed by atoms with Crippen molar-refractivity contribution in [3.63, 3.8) is 0 Å². The van der Waals surface area contributed by atoms with E-state index in [1.54, 1.807) is 36.3 Å². The fourth-order valence-electron chi connectivity index (χ4n) is 3.10. The maximum Gasteiger partial charge on any atom is 0.259 e. The maximum atomic E-state index is 13.0. The van der Waals surface area contributed by atoms with Crippen molar-refractivity contribution in [2.24, 2.45) is 0 Å². The summed E-state index contributed by atoms with van der Waals surface area (Å²) in [7, 11) is 1.58. The number of rotatable bonds is 2. The van der Waals surface area contributed by atoms with Gasteiger partial charge in [0.25, 0.3) is 5.91 Å². The number of ether oxygens (including phenoxy) is 2. The number of hydrogen-bond acceptors (Lipinski definition) is 4. The van der Waals surface area contributed by atoms with Crippen LogP contribution in [0.15, 0.2) is 48.5 Å². The molecule has 0 bridgehead atoms. The van der Waals surface area contributed by atoms with Crippen LogP contribution >= 0.6 is 0 Å². The second-order valence-corrected chi connectivity index (χ2v) is 5.56. The largest absolute Gasteiger partial charge is 0.497 e. The molecule has 0 radical (unpaired) electrons. The van der Waals surface area contributed by atoms with Gasteiger partial charge in [0.05, 0.1) is 18.9 Å². The highest BCUT2D eigenvalue weighted by Gasteiger charge is 2.55. The smallest absolute Gasteiger partial charge is 0.259 e. The van der Waals surface area contributed by atoms with Gasteiger partial charge < -0.3 is 9.47 Å². The summed E-state index contributed by atoms with van der Waals surface area (Å²) >= 11 is 0. The molecule has 0 spiro atoms. The fraction of sp³-hybridized carbons (Fsp3) is 0.222. The van der Waals surface area contributed by atoms with E-state index in [0.29, 0.717) is 11.3 Å². The number of carbonyl (C=O) groups excluding carboxylic acids is 1. The number of nitrogens with zero attached hydrogens (tertiary/aromatic N) is 2. The highest BCUT2D eigenvalue weighted by atomic mass is 16.6. The summed E-state index contributed by atoms with van der Waals surface area (Å²) in [4.78, 5) is 14.5. The molecule has 3 unspecified atom stereocenters. The molecule has 23 heavy (non-hydrogen) atoms. The number of carbonyl (C=O) groups is 1. The van der Waals surface area contributed by atoms with Gasteiger partial charge in [0, 0.05) is 11.1 Å². The minimum Gasteiger partial charge on any atom is -0.497 e. The summed E-state index contributed by atoms with van der Waals surface area (Å²) in [5, 5.41) is 9.52. The molecule has 0 N–H and O–H groups in total. The average molecular weight is 306 g/mol. The molecule has 0 aromatic heterocycles. The molecular formula is C18H14N2O3. The topological polar surface area (TPSA) is 65.9 Å². The molecule has 1 fully saturated rings. The van der Waals surface area contributed by atoms with E-state index in [0.717, 1.165) is 11.3 Å². The second kappa shape index (κ2) is 5.11. The van der Waals surface area contributed by atoms with E-state index < -0.39 is 6.04 Å². The van der Waals surface area contributed by atoms with Gasteiger partial charge in [-0.2, -0.15) is 5.26 Å². The maximum absolute atomic E-state index is 13.0. The lowest BCUT2D eigenvalue weighted by molar-refractivity contribution is 0.0977. The van der Waals surface area contributed by atoms with E-state index in [-0.39, 0.29) is 18.1 Å². The minimum atomic E-state index is -0.607. The normalized spacial score (nSPS) is 24.2. The van der Waals surface area contributed by atoms with Crippen molar-refractivity contribution in [1.82, 2.24) is 0 Å². The third-order valence-corrected chi connectivity index (χ3v) is 4.31. The van der Waals surface area contributed by atoms with Crippen LogP contribution in [-0.2, 0) is 4.74 Å². The number of para-hydroxylation sites is 1. The predicted octanol–water partition coefficient (Wildman–Crippen LogP) is 2.69. The lowest BCUT2D eigenvalue weighted by Gasteiger charge is -2.31. The van der Waals surface area contributed by atoms with E-state index in [1.807, 2.05) is 24.3 Å². The van der Waals surface area contributed by atoms with Gasteiger partial charge in [-0.15, -0.1) is 0 Å². The quantitative estimate of drug-likeness (QED) is 0.800. The van der Waals surface area contributed by atoms with Crippen LogP contribution in [0.25, 0.3) is 0 Å². The van der Waals surface area contributed by atoms with Crippen LogP contribution in [0.5, 0.6) is 5.75 Å². The Morgan fingerprint density at radius 3 is 2.65 bits per heavy atom. The first-order valence-electron chi connectivity index (χ1n) is 7.36. The average Bonchev–Trinajstić information content (AvgIpc) is 3.41. The molecule has 2 heterocycles. The highest BCUT2D eigenvalue weighted by molar-refractivity contribution is 6.08. The van der Waals surface area contributed by atoms with E-state index >= 15 is 0 Å². The number of anilines is 1. The van der Waals surface area contributed by atoms with Gasteiger partial charge in [-0.05, 0) is 30.3 Å². The van der Waals surface area contributed by atoms with E-state index in [2.05, 4.69) is 6.07 Å². The van der Waals surface area contributed by atoms with Crippen molar-refractivity contribution in [2.75, 3.05) is 12.0 Å². The number of fused-ring (bicyclic) bond motifs is 3. The van der Waals surface area contributed by atoms with Gasteiger partial charge in [-0.25, -0.2) is 0 Å². The summed E-state index contributed by atoms with van der Waals surface area (Å²) in [6.07, 6.45) is -0.312. The highest BCUT2D eigenvalue weighted by Crippen LogP contribution is 2.51. The summed E-state index contributed by atoms with van der Waals surface area (Å²) in [5.74, 6) is 0.476. The number of methoxy groups -OCH3 is 1. The Kier molecular flexibility index (Phi) is 3.07. The van der Waals surface area contributed by atoms with Crippen molar-refractivity contribution < 1.29 is 14.3 Å². The number of hydrogen-bond donors (Lipinski definition) is 0. The molecule has 2 aromatic carbocycles. The van der Waals surface area contributed by atoms with E-state index in [1.165, 1.54) is 0 Å². The van der Waals surface area contributed by atoms with Crippen LogP contribution in [0, 0.1) is 11.3 Å². The zero-order valence-corrected chi connectivity index (χ0v) is 12.5. The van der Waals surface area contributed by atoms with Crippen LogP contribution in [0.2, 0.25) is 0 Å². The molecule has 5 heteroatoms. The Labute approximate surface area is 133 Å². The summed E-state index contributed by atoms with van der Waals surface area (Å²) in [6.45, 7) is 0. The molecule has 1 saturated heterocycles. The lowest BCUT2D eigenvalue weighted by atomic mass is 9.95. The zero-order valence-electron chi connectivity index (χ0n) is 12.5. The fourth-order valence-corrected chi connectivity index (χ4v) is 3.10. The molecule has 0 saturated carbocycles. The van der Waals surface area contributed by atoms with Crippen molar-refractivity contribution in [3.8, 4) is 11.8 Å².